The Morgan fingerprint density at radius 1 is 1.56 bits per heavy atom. The van der Waals surface area contributed by atoms with Crippen molar-refractivity contribution in [1.29, 1.82) is 0 Å². The molecule has 0 radical (unpaired) electrons. The second-order valence-electron chi connectivity index (χ2n) is 2.66. The minimum absolute atomic E-state index is 0.0320. The molecule has 0 N–H and O–H groups in total. The molecule has 0 bridgehead atoms. The molecule has 0 unspecified atom stereocenters. The average molecular weight is 266 g/mol. The number of halogens is 3. The van der Waals surface area contributed by atoms with Gasteiger partial charge in [-0.3, -0.25) is 10.1 Å². The van der Waals surface area contributed by atoms with Gasteiger partial charge in [-0.2, -0.15) is 4.39 Å². The van der Waals surface area contributed by atoms with Crippen LogP contribution in [0, 0.1) is 15.9 Å². The first-order valence-electron chi connectivity index (χ1n) is 4.07. The van der Waals surface area contributed by atoms with Crippen LogP contribution in [-0.2, 0) is 0 Å². The van der Waals surface area contributed by atoms with Crippen LogP contribution >= 0.6 is 23.2 Å². The molecular formula is C9H6Cl2FNO3. The maximum Gasteiger partial charge on any atom is 0.308 e. The third-order valence-electron chi connectivity index (χ3n) is 1.62. The Morgan fingerprint density at radius 3 is 2.81 bits per heavy atom. The molecule has 0 amide bonds. The van der Waals surface area contributed by atoms with Gasteiger partial charge in [-0.1, -0.05) is 23.2 Å². The van der Waals surface area contributed by atoms with Gasteiger partial charge in [0.1, 0.15) is 12.4 Å². The van der Waals surface area contributed by atoms with E-state index in [1.165, 1.54) is 11.6 Å². The summed E-state index contributed by atoms with van der Waals surface area (Å²) in [5.41, 5.74) is 0.542. The Balaban J connectivity index is 3.00. The van der Waals surface area contributed by atoms with Crippen molar-refractivity contribution in [1.82, 2.24) is 0 Å². The van der Waals surface area contributed by atoms with Gasteiger partial charge in [-0.15, -0.1) is 0 Å². The number of hydrogen-bond acceptors (Lipinski definition) is 3. The fourth-order valence-corrected chi connectivity index (χ4v) is 1.22. The Morgan fingerprint density at radius 2 is 2.25 bits per heavy atom. The summed E-state index contributed by atoms with van der Waals surface area (Å²) in [5, 5.41) is 10.4. The van der Waals surface area contributed by atoms with Crippen LogP contribution in [0.2, 0.25) is 5.02 Å². The molecule has 0 fully saturated rings. The van der Waals surface area contributed by atoms with E-state index in [2.05, 4.69) is 0 Å². The Kier molecular flexibility index (Phi) is 4.52. The van der Waals surface area contributed by atoms with E-state index in [9.17, 15) is 14.5 Å². The zero-order chi connectivity index (χ0) is 12.1. The van der Waals surface area contributed by atoms with E-state index in [4.69, 9.17) is 27.9 Å². The SMILES string of the molecule is O=[N+]([O-])c1cc(OC/C=C/Cl)c(Cl)cc1F. The zero-order valence-corrected chi connectivity index (χ0v) is 9.33. The molecular weight excluding hydrogens is 260 g/mol. The predicted octanol–water partition coefficient (Wildman–Crippen LogP) is 3.52. The van der Waals surface area contributed by atoms with Crippen LogP contribution in [0.25, 0.3) is 0 Å². The number of hydrogen-bond donors (Lipinski definition) is 0. The van der Waals surface area contributed by atoms with Crippen molar-refractivity contribution in [2.45, 2.75) is 0 Å². The molecule has 7 heteroatoms. The molecule has 0 aliphatic heterocycles. The number of rotatable bonds is 4. The second kappa shape index (κ2) is 5.67. The Bertz CT molecular complexity index is 437. The smallest absolute Gasteiger partial charge is 0.308 e. The van der Waals surface area contributed by atoms with E-state index < -0.39 is 16.4 Å². The van der Waals surface area contributed by atoms with Gasteiger partial charge < -0.3 is 4.74 Å². The highest BCUT2D eigenvalue weighted by atomic mass is 35.5. The van der Waals surface area contributed by atoms with Crippen LogP contribution in [0.1, 0.15) is 0 Å². The number of benzene rings is 1. The molecule has 0 saturated heterocycles. The first-order valence-corrected chi connectivity index (χ1v) is 4.89. The van der Waals surface area contributed by atoms with Gasteiger partial charge in [0.15, 0.2) is 0 Å². The molecule has 0 spiro atoms. The van der Waals surface area contributed by atoms with E-state index in [1.54, 1.807) is 0 Å². The summed E-state index contributed by atoms with van der Waals surface area (Å²) in [6.45, 7) is 0.0893. The monoisotopic (exact) mass is 265 g/mol. The normalized spacial score (nSPS) is 10.7. The molecule has 0 heterocycles. The lowest BCUT2D eigenvalue weighted by Crippen LogP contribution is -1.98. The maximum absolute atomic E-state index is 13.1. The molecule has 0 saturated carbocycles. The third-order valence-corrected chi connectivity index (χ3v) is 2.10. The summed E-state index contributed by atoms with van der Waals surface area (Å²) in [6.07, 6.45) is 1.47. The van der Waals surface area contributed by atoms with Gasteiger partial charge in [0.2, 0.25) is 5.82 Å². The van der Waals surface area contributed by atoms with Crippen molar-refractivity contribution < 1.29 is 14.1 Å². The molecule has 1 aromatic rings. The molecule has 16 heavy (non-hydrogen) atoms. The molecule has 1 aromatic carbocycles. The Labute approximate surface area is 100 Å². The largest absolute Gasteiger partial charge is 0.488 e. The lowest BCUT2D eigenvalue weighted by Gasteiger charge is -2.05. The highest BCUT2D eigenvalue weighted by Crippen LogP contribution is 2.31. The summed E-state index contributed by atoms with van der Waals surface area (Å²) < 4.78 is 18.1. The topological polar surface area (TPSA) is 52.4 Å². The number of nitro benzene ring substituents is 1. The summed E-state index contributed by atoms with van der Waals surface area (Å²) in [5.74, 6) is -0.972. The first-order chi connectivity index (χ1) is 7.56. The lowest BCUT2D eigenvalue weighted by atomic mass is 10.3. The third kappa shape index (κ3) is 3.08. The van der Waals surface area contributed by atoms with Crippen molar-refractivity contribution in [3.8, 4) is 5.75 Å². The van der Waals surface area contributed by atoms with Gasteiger partial charge in [-0.25, -0.2) is 0 Å². The number of ether oxygens (including phenoxy) is 1. The van der Waals surface area contributed by atoms with Crippen LogP contribution in [0.4, 0.5) is 10.1 Å². The van der Waals surface area contributed by atoms with Crippen LogP contribution in [0.5, 0.6) is 5.75 Å². The van der Waals surface area contributed by atoms with E-state index in [0.29, 0.717) is 0 Å². The average Bonchev–Trinajstić information content (AvgIpc) is 2.21. The van der Waals surface area contributed by atoms with Crippen LogP contribution in [-0.4, -0.2) is 11.5 Å². The second-order valence-corrected chi connectivity index (χ2v) is 3.32. The van der Waals surface area contributed by atoms with E-state index in [1.807, 2.05) is 0 Å². The summed E-state index contributed by atoms with van der Waals surface area (Å²) in [6, 6.07) is 1.76. The van der Waals surface area contributed by atoms with Gasteiger partial charge in [0, 0.05) is 11.6 Å². The van der Waals surface area contributed by atoms with Crippen LogP contribution in [0.3, 0.4) is 0 Å². The van der Waals surface area contributed by atoms with Crippen LogP contribution in [0.15, 0.2) is 23.7 Å². The van der Waals surface area contributed by atoms with E-state index in [-0.39, 0.29) is 17.4 Å². The predicted molar refractivity (Wildman–Crippen MR) is 58.6 cm³/mol. The molecule has 0 aromatic heterocycles. The molecule has 0 aliphatic rings. The van der Waals surface area contributed by atoms with Crippen molar-refractivity contribution in [3.63, 3.8) is 0 Å². The van der Waals surface area contributed by atoms with Gasteiger partial charge >= 0.3 is 5.69 Å². The molecule has 86 valence electrons. The minimum atomic E-state index is -1.00. The fourth-order valence-electron chi connectivity index (χ4n) is 0.943. The zero-order valence-electron chi connectivity index (χ0n) is 7.82. The van der Waals surface area contributed by atoms with Crippen molar-refractivity contribution in [2.24, 2.45) is 0 Å². The quantitative estimate of drug-likeness (QED) is 0.618. The minimum Gasteiger partial charge on any atom is -0.488 e. The van der Waals surface area contributed by atoms with E-state index >= 15 is 0 Å². The number of nitro groups is 1. The fraction of sp³-hybridized carbons (Fsp3) is 0.111. The van der Waals surface area contributed by atoms with Gasteiger partial charge in [0.25, 0.3) is 0 Å². The highest BCUT2D eigenvalue weighted by molar-refractivity contribution is 6.32. The Hall–Kier alpha value is -1.33. The molecule has 4 nitrogen and oxygen atoms in total. The molecule has 1 rings (SSSR count). The first kappa shape index (κ1) is 12.7. The van der Waals surface area contributed by atoms with Crippen molar-refractivity contribution >= 4 is 28.9 Å². The highest BCUT2D eigenvalue weighted by Gasteiger charge is 2.18. The molecule has 0 aliphatic carbocycles. The summed E-state index contributed by atoms with van der Waals surface area (Å²) in [7, 11) is 0. The number of nitrogens with zero attached hydrogens (tertiary/aromatic N) is 1. The van der Waals surface area contributed by atoms with Crippen LogP contribution < -0.4 is 4.74 Å². The van der Waals surface area contributed by atoms with Crippen molar-refractivity contribution in [2.75, 3.05) is 6.61 Å². The van der Waals surface area contributed by atoms with Gasteiger partial charge in [-0.05, 0) is 6.08 Å². The summed E-state index contributed by atoms with van der Waals surface area (Å²) in [4.78, 5) is 9.60. The lowest BCUT2D eigenvalue weighted by molar-refractivity contribution is -0.387. The van der Waals surface area contributed by atoms with Crippen molar-refractivity contribution in [3.05, 3.63) is 44.7 Å². The molecule has 0 atom stereocenters. The van der Waals surface area contributed by atoms with E-state index in [0.717, 1.165) is 12.1 Å². The summed E-state index contributed by atoms with van der Waals surface area (Å²) >= 11 is 10.9. The van der Waals surface area contributed by atoms with Gasteiger partial charge in [0.05, 0.1) is 16.0 Å². The standard InChI is InChI=1S/C9H6Cl2FNO3/c10-2-1-3-16-9-5-8(13(14)15)7(12)4-6(9)11/h1-2,4-5H,3H2/b2-1+. The maximum atomic E-state index is 13.1.